The molecule has 1 amide bonds. The molecule has 0 radical (unpaired) electrons. The van der Waals surface area contributed by atoms with Crippen LogP contribution in [0.25, 0.3) is 0 Å². The van der Waals surface area contributed by atoms with Gasteiger partial charge in [0.15, 0.2) is 6.61 Å². The third kappa shape index (κ3) is 4.77. The van der Waals surface area contributed by atoms with Gasteiger partial charge in [-0.05, 0) is 47.1 Å². The molecule has 0 unspecified atom stereocenters. The fraction of sp³-hybridized carbons (Fsp3) is 0.625. The Hall–Kier alpha value is -1.96. The molecule has 8 heteroatoms. The highest BCUT2D eigenvalue weighted by Gasteiger charge is 2.37. The molecule has 1 aromatic heterocycles. The van der Waals surface area contributed by atoms with Crippen molar-refractivity contribution >= 4 is 28.2 Å². The van der Waals surface area contributed by atoms with Crippen LogP contribution in [0.2, 0.25) is 0 Å². The van der Waals surface area contributed by atoms with E-state index in [2.05, 4.69) is 0 Å². The van der Waals surface area contributed by atoms with Crippen LogP contribution in [0.4, 0.5) is 5.00 Å². The third-order valence-electron chi connectivity index (χ3n) is 3.69. The lowest BCUT2D eigenvalue weighted by Gasteiger charge is -2.46. The van der Waals surface area contributed by atoms with Crippen molar-refractivity contribution in [3.8, 4) is 0 Å². The molecule has 24 heavy (non-hydrogen) atoms. The van der Waals surface area contributed by atoms with Crippen molar-refractivity contribution in [1.82, 2.24) is 4.90 Å². The molecule has 0 atom stereocenters. The van der Waals surface area contributed by atoms with Gasteiger partial charge in [0, 0.05) is 17.1 Å². The molecule has 0 aromatic carbocycles. The molecule has 0 spiro atoms. The summed E-state index contributed by atoms with van der Waals surface area (Å²) >= 11 is 0.726. The van der Waals surface area contributed by atoms with Crippen molar-refractivity contribution in [2.75, 3.05) is 6.61 Å². The van der Waals surface area contributed by atoms with Crippen molar-refractivity contribution in [3.05, 3.63) is 27.1 Å². The molecule has 0 N–H and O–H groups in total. The first kappa shape index (κ1) is 20.1. The van der Waals surface area contributed by atoms with E-state index in [1.807, 2.05) is 41.5 Å². The Kier molecular flexibility index (Phi) is 6.10. The first-order valence-corrected chi connectivity index (χ1v) is 8.46. The zero-order valence-electron chi connectivity index (χ0n) is 14.9. The molecule has 1 heterocycles. The summed E-state index contributed by atoms with van der Waals surface area (Å²) in [4.78, 5) is 36.5. The number of carbonyl (C=O) groups is 2. The molecule has 0 fully saturated rings. The fourth-order valence-electron chi connectivity index (χ4n) is 2.58. The van der Waals surface area contributed by atoms with Gasteiger partial charge in [-0.15, -0.1) is 0 Å². The number of rotatable bonds is 6. The number of carbonyl (C=O) groups excluding carboxylic acids is 2. The molecule has 0 bridgehead atoms. The summed E-state index contributed by atoms with van der Waals surface area (Å²) in [6, 6.07) is 2.57. The highest BCUT2D eigenvalue weighted by Crippen LogP contribution is 2.28. The van der Waals surface area contributed by atoms with Crippen molar-refractivity contribution in [2.24, 2.45) is 0 Å². The summed E-state index contributed by atoms with van der Waals surface area (Å²) in [6.45, 7) is 11.3. The Morgan fingerprint density at radius 3 is 2.25 bits per heavy atom. The fourth-order valence-corrected chi connectivity index (χ4v) is 3.29. The van der Waals surface area contributed by atoms with E-state index in [0.29, 0.717) is 0 Å². The lowest BCUT2D eigenvalue weighted by atomic mass is 9.92. The number of thiophene rings is 1. The predicted octanol–water partition coefficient (Wildman–Crippen LogP) is 3.63. The van der Waals surface area contributed by atoms with E-state index in [-0.39, 0.29) is 21.3 Å². The molecule has 0 saturated heterocycles. The van der Waals surface area contributed by atoms with Gasteiger partial charge in [-0.1, -0.05) is 18.3 Å². The van der Waals surface area contributed by atoms with E-state index in [1.165, 1.54) is 12.1 Å². The van der Waals surface area contributed by atoms with E-state index in [9.17, 15) is 19.7 Å². The van der Waals surface area contributed by atoms with Gasteiger partial charge in [-0.25, -0.2) is 4.79 Å². The molecular weight excluding hydrogens is 332 g/mol. The second-order valence-electron chi connectivity index (χ2n) is 7.04. The van der Waals surface area contributed by atoms with Gasteiger partial charge in [-0.2, -0.15) is 0 Å². The summed E-state index contributed by atoms with van der Waals surface area (Å²) in [6.07, 6.45) is 0.751. The first-order chi connectivity index (χ1) is 10.9. The molecule has 1 aromatic rings. The summed E-state index contributed by atoms with van der Waals surface area (Å²) in [7, 11) is 0. The van der Waals surface area contributed by atoms with Gasteiger partial charge in [-0.3, -0.25) is 14.9 Å². The number of ether oxygens (including phenoxy) is 1. The summed E-state index contributed by atoms with van der Waals surface area (Å²) in [5.41, 5.74) is -0.811. The maximum Gasteiger partial charge on any atom is 0.349 e. The maximum atomic E-state index is 12.6. The Morgan fingerprint density at radius 2 is 1.83 bits per heavy atom. The number of esters is 1. The van der Waals surface area contributed by atoms with Gasteiger partial charge < -0.3 is 9.64 Å². The van der Waals surface area contributed by atoms with Crippen molar-refractivity contribution < 1.29 is 19.2 Å². The zero-order chi connectivity index (χ0) is 18.7. The number of hydrogen-bond donors (Lipinski definition) is 0. The molecule has 134 valence electrons. The maximum absolute atomic E-state index is 12.6. The average Bonchev–Trinajstić information content (AvgIpc) is 2.93. The third-order valence-corrected chi connectivity index (χ3v) is 4.71. The number of nitrogens with zero attached hydrogens (tertiary/aromatic N) is 2. The average molecular weight is 356 g/mol. The van der Waals surface area contributed by atoms with Crippen LogP contribution < -0.4 is 0 Å². The largest absolute Gasteiger partial charge is 0.451 e. The van der Waals surface area contributed by atoms with E-state index in [0.717, 1.165) is 17.8 Å². The van der Waals surface area contributed by atoms with E-state index >= 15 is 0 Å². The Morgan fingerprint density at radius 1 is 1.25 bits per heavy atom. The number of hydrogen-bond acceptors (Lipinski definition) is 6. The van der Waals surface area contributed by atoms with Gasteiger partial charge in [0.2, 0.25) is 0 Å². The van der Waals surface area contributed by atoms with Crippen LogP contribution in [0, 0.1) is 10.1 Å². The van der Waals surface area contributed by atoms with Gasteiger partial charge in [0.25, 0.3) is 5.91 Å². The first-order valence-electron chi connectivity index (χ1n) is 7.64. The SMILES string of the molecule is CCC(C)(C)N(C(=O)COC(=O)c1ccc([N+](=O)[O-])s1)C(C)(C)C. The quantitative estimate of drug-likeness (QED) is 0.441. The van der Waals surface area contributed by atoms with Crippen LogP contribution >= 0.6 is 11.3 Å². The smallest absolute Gasteiger partial charge is 0.349 e. The summed E-state index contributed by atoms with van der Waals surface area (Å²) in [5, 5.41) is 10.5. The summed E-state index contributed by atoms with van der Waals surface area (Å²) in [5.74, 6) is -1.03. The standard InChI is InChI=1S/C16H24N2O5S/c1-7-16(5,6)17(15(2,3)4)12(19)10-23-14(20)11-8-9-13(24-11)18(21)22/h8-9H,7,10H2,1-6H3. The van der Waals surface area contributed by atoms with Crippen molar-refractivity contribution in [3.63, 3.8) is 0 Å². The Labute approximate surface area is 145 Å². The van der Waals surface area contributed by atoms with Crippen LogP contribution in [0.15, 0.2) is 12.1 Å². The van der Waals surface area contributed by atoms with E-state index in [1.54, 1.807) is 4.90 Å². The minimum absolute atomic E-state index is 0.103. The second kappa shape index (κ2) is 7.29. The molecule has 0 aliphatic rings. The van der Waals surface area contributed by atoms with Crippen LogP contribution in [-0.4, -0.2) is 39.4 Å². The molecule has 0 aliphatic carbocycles. The van der Waals surface area contributed by atoms with E-state index < -0.39 is 23.0 Å². The van der Waals surface area contributed by atoms with Crippen LogP contribution in [-0.2, 0) is 9.53 Å². The second-order valence-corrected chi connectivity index (χ2v) is 8.10. The van der Waals surface area contributed by atoms with Crippen LogP contribution in [0.3, 0.4) is 0 Å². The number of amides is 1. The van der Waals surface area contributed by atoms with Crippen molar-refractivity contribution in [1.29, 1.82) is 0 Å². The van der Waals surface area contributed by atoms with Gasteiger partial charge in [0.1, 0.15) is 4.88 Å². The lowest BCUT2D eigenvalue weighted by molar-refractivity contribution is -0.380. The van der Waals surface area contributed by atoms with Crippen molar-refractivity contribution in [2.45, 2.75) is 59.0 Å². The highest BCUT2D eigenvalue weighted by molar-refractivity contribution is 7.17. The highest BCUT2D eigenvalue weighted by atomic mass is 32.1. The van der Waals surface area contributed by atoms with Gasteiger partial charge in [0.05, 0.1) is 4.92 Å². The molecule has 0 saturated carbocycles. The normalized spacial score (nSPS) is 11.9. The lowest BCUT2D eigenvalue weighted by Crippen LogP contribution is -2.58. The minimum Gasteiger partial charge on any atom is -0.451 e. The Bertz CT molecular complexity index is 631. The van der Waals surface area contributed by atoms with Crippen LogP contribution in [0.1, 0.15) is 57.6 Å². The zero-order valence-corrected chi connectivity index (χ0v) is 15.7. The summed E-state index contributed by atoms with van der Waals surface area (Å²) < 4.78 is 5.06. The van der Waals surface area contributed by atoms with E-state index in [4.69, 9.17) is 4.74 Å². The monoisotopic (exact) mass is 356 g/mol. The number of nitro groups is 1. The topological polar surface area (TPSA) is 89.8 Å². The van der Waals surface area contributed by atoms with Crippen LogP contribution in [0.5, 0.6) is 0 Å². The minimum atomic E-state index is -0.732. The predicted molar refractivity (Wildman–Crippen MR) is 92.2 cm³/mol. The Balaban J connectivity index is 2.81. The molecule has 0 aliphatic heterocycles. The molecule has 7 nitrogen and oxygen atoms in total. The van der Waals surface area contributed by atoms with Gasteiger partial charge >= 0.3 is 11.0 Å². The molecular formula is C16H24N2O5S. The molecule has 1 rings (SSSR count).